The highest BCUT2D eigenvalue weighted by Gasteiger charge is 2.25. The second kappa shape index (κ2) is 7.92. The van der Waals surface area contributed by atoms with Crippen LogP contribution in [0.25, 0.3) is 0 Å². The minimum Gasteiger partial charge on any atom is -0.481 e. The lowest BCUT2D eigenvalue weighted by Gasteiger charge is -2.16. The molecule has 2 heterocycles. The number of carboxylic acid groups (broad SMARTS) is 1. The molecule has 1 fully saturated rings. The molecule has 142 valence electrons. The molecule has 27 heavy (non-hydrogen) atoms. The van der Waals surface area contributed by atoms with Gasteiger partial charge in [0.25, 0.3) is 0 Å². The van der Waals surface area contributed by atoms with Gasteiger partial charge in [-0.25, -0.2) is 9.97 Å². The number of ether oxygens (including phenoxy) is 1. The number of likely N-dealkylation sites (tertiary alicyclic amines) is 1. The number of rotatable bonds is 7. The second-order valence-electron chi connectivity index (χ2n) is 7.23. The largest absolute Gasteiger partial charge is 0.481 e. The van der Waals surface area contributed by atoms with Gasteiger partial charge in [0.2, 0.25) is 5.88 Å². The van der Waals surface area contributed by atoms with E-state index in [1.807, 2.05) is 6.07 Å². The van der Waals surface area contributed by atoms with Gasteiger partial charge in [0.1, 0.15) is 18.2 Å². The van der Waals surface area contributed by atoms with Crippen LogP contribution in [0.4, 0.5) is 5.82 Å². The number of aliphatic carboxylic acids is 1. The maximum absolute atomic E-state index is 10.7. The molecule has 4 rings (SSSR count). The van der Waals surface area contributed by atoms with Gasteiger partial charge < -0.3 is 15.2 Å². The van der Waals surface area contributed by atoms with Gasteiger partial charge in [-0.05, 0) is 30.4 Å². The zero-order valence-corrected chi connectivity index (χ0v) is 15.2. The van der Waals surface area contributed by atoms with Crippen LogP contribution in [-0.2, 0) is 17.6 Å². The lowest BCUT2D eigenvalue weighted by atomic mass is 10.1. The fraction of sp³-hybridized carbons (Fsp3) is 0.450. The predicted molar refractivity (Wildman–Crippen MR) is 101 cm³/mol. The fourth-order valence-corrected chi connectivity index (χ4v) is 3.87. The van der Waals surface area contributed by atoms with E-state index < -0.39 is 5.97 Å². The van der Waals surface area contributed by atoms with E-state index in [2.05, 4.69) is 44.5 Å². The summed E-state index contributed by atoms with van der Waals surface area (Å²) in [5, 5.41) is 12.3. The van der Waals surface area contributed by atoms with Crippen molar-refractivity contribution in [1.82, 2.24) is 14.9 Å². The molecule has 2 aromatic rings. The van der Waals surface area contributed by atoms with Crippen molar-refractivity contribution in [1.29, 1.82) is 0 Å². The number of hydrogen-bond donors (Lipinski definition) is 2. The molecule has 0 amide bonds. The molecule has 7 nitrogen and oxygen atoms in total. The number of benzene rings is 1. The zero-order valence-electron chi connectivity index (χ0n) is 15.2. The summed E-state index contributed by atoms with van der Waals surface area (Å²) in [5.74, 6) is 0.576. The van der Waals surface area contributed by atoms with Gasteiger partial charge in [-0.3, -0.25) is 9.69 Å². The predicted octanol–water partition coefficient (Wildman–Crippen LogP) is 1.98. The highest BCUT2D eigenvalue weighted by Crippen LogP contribution is 2.25. The van der Waals surface area contributed by atoms with Crippen molar-refractivity contribution < 1.29 is 14.6 Å². The zero-order chi connectivity index (χ0) is 18.6. The first-order chi connectivity index (χ1) is 13.2. The molecule has 0 spiro atoms. The Morgan fingerprint density at radius 2 is 2.04 bits per heavy atom. The van der Waals surface area contributed by atoms with Gasteiger partial charge in [-0.2, -0.15) is 0 Å². The van der Waals surface area contributed by atoms with E-state index in [1.54, 1.807) is 0 Å². The highest BCUT2D eigenvalue weighted by atomic mass is 16.5. The molecule has 1 unspecified atom stereocenters. The molecule has 1 atom stereocenters. The summed E-state index contributed by atoms with van der Waals surface area (Å²) < 4.78 is 6.00. The number of carbonyl (C=O) groups is 1. The van der Waals surface area contributed by atoms with Crippen molar-refractivity contribution in [3.05, 3.63) is 47.8 Å². The topological polar surface area (TPSA) is 87.6 Å². The van der Waals surface area contributed by atoms with Crippen LogP contribution in [0.5, 0.6) is 5.88 Å². The summed E-state index contributed by atoms with van der Waals surface area (Å²) in [5.41, 5.74) is 2.79. The Kier molecular flexibility index (Phi) is 5.20. The highest BCUT2D eigenvalue weighted by molar-refractivity contribution is 5.66. The molecule has 1 saturated heterocycles. The van der Waals surface area contributed by atoms with Crippen LogP contribution in [0.1, 0.15) is 24.0 Å². The number of anilines is 1. The Morgan fingerprint density at radius 3 is 2.78 bits per heavy atom. The lowest BCUT2D eigenvalue weighted by molar-refractivity contribution is -0.137. The quantitative estimate of drug-likeness (QED) is 0.773. The molecule has 2 N–H and O–H groups in total. The minimum absolute atomic E-state index is 0.0391. The van der Waals surface area contributed by atoms with E-state index in [0.717, 1.165) is 38.2 Å². The van der Waals surface area contributed by atoms with Crippen molar-refractivity contribution in [3.8, 4) is 5.88 Å². The number of carboxylic acids is 1. The number of fused-ring (bicyclic) bond motifs is 1. The molecule has 0 bridgehead atoms. The van der Waals surface area contributed by atoms with Crippen molar-refractivity contribution in [2.24, 2.45) is 0 Å². The van der Waals surface area contributed by atoms with Crippen LogP contribution in [0.3, 0.4) is 0 Å². The number of nitrogens with zero attached hydrogens (tertiary/aromatic N) is 3. The van der Waals surface area contributed by atoms with Crippen molar-refractivity contribution in [2.45, 2.75) is 37.8 Å². The summed E-state index contributed by atoms with van der Waals surface area (Å²) in [4.78, 5) is 21.4. The summed E-state index contributed by atoms with van der Waals surface area (Å²) in [6, 6.07) is 10.7. The molecular formula is C20H24N4O3. The smallest absolute Gasteiger partial charge is 0.304 e. The van der Waals surface area contributed by atoms with Gasteiger partial charge in [0, 0.05) is 31.7 Å². The Bertz CT molecular complexity index is 788. The Morgan fingerprint density at radius 1 is 1.26 bits per heavy atom. The van der Waals surface area contributed by atoms with Crippen molar-refractivity contribution in [3.63, 3.8) is 0 Å². The van der Waals surface area contributed by atoms with Gasteiger partial charge in [-0.1, -0.05) is 24.3 Å². The first kappa shape index (κ1) is 17.7. The number of aromatic nitrogens is 2. The Labute approximate surface area is 158 Å². The van der Waals surface area contributed by atoms with E-state index >= 15 is 0 Å². The van der Waals surface area contributed by atoms with Crippen LogP contribution in [0.2, 0.25) is 0 Å². The maximum atomic E-state index is 10.7. The summed E-state index contributed by atoms with van der Waals surface area (Å²) >= 11 is 0. The summed E-state index contributed by atoms with van der Waals surface area (Å²) in [7, 11) is 0. The first-order valence-electron chi connectivity index (χ1n) is 9.42. The number of hydrogen-bond acceptors (Lipinski definition) is 6. The number of nitrogens with one attached hydrogen (secondary N) is 1. The SMILES string of the molecule is O=C(O)CCN1CCC(Oc2cc(NC3Cc4ccccc4C3)ncn2)C1. The molecule has 1 aliphatic carbocycles. The van der Waals surface area contributed by atoms with Crippen molar-refractivity contribution in [2.75, 3.05) is 25.0 Å². The third kappa shape index (κ3) is 4.54. The Balaban J connectivity index is 1.30. The third-order valence-corrected chi connectivity index (χ3v) is 5.20. The van der Waals surface area contributed by atoms with Gasteiger partial charge >= 0.3 is 5.97 Å². The van der Waals surface area contributed by atoms with E-state index in [0.29, 0.717) is 18.5 Å². The summed E-state index contributed by atoms with van der Waals surface area (Å²) in [6.07, 6.45) is 4.60. The second-order valence-corrected chi connectivity index (χ2v) is 7.23. The normalized spacial score (nSPS) is 19.8. The minimum atomic E-state index is -0.764. The van der Waals surface area contributed by atoms with Gasteiger partial charge in [0.15, 0.2) is 0 Å². The van der Waals surface area contributed by atoms with Crippen LogP contribution >= 0.6 is 0 Å². The Hall–Kier alpha value is -2.67. The monoisotopic (exact) mass is 368 g/mol. The van der Waals surface area contributed by atoms with Gasteiger partial charge in [0.05, 0.1) is 6.42 Å². The van der Waals surface area contributed by atoms with Crippen LogP contribution in [-0.4, -0.2) is 57.7 Å². The molecule has 0 radical (unpaired) electrons. The maximum Gasteiger partial charge on any atom is 0.304 e. The van der Waals surface area contributed by atoms with Crippen molar-refractivity contribution >= 4 is 11.8 Å². The molecule has 1 aromatic carbocycles. The molecular weight excluding hydrogens is 344 g/mol. The van der Waals surface area contributed by atoms with E-state index in [9.17, 15) is 4.79 Å². The summed E-state index contributed by atoms with van der Waals surface area (Å²) in [6.45, 7) is 2.15. The molecule has 2 aliphatic rings. The van der Waals surface area contributed by atoms with Gasteiger partial charge in [-0.15, -0.1) is 0 Å². The average molecular weight is 368 g/mol. The molecule has 1 aromatic heterocycles. The third-order valence-electron chi connectivity index (χ3n) is 5.20. The first-order valence-corrected chi connectivity index (χ1v) is 9.42. The van der Waals surface area contributed by atoms with Crippen LogP contribution < -0.4 is 10.1 Å². The molecule has 1 aliphatic heterocycles. The standard InChI is InChI=1S/C20H24N4O3/c25-20(26)6-8-24-7-5-17(12-24)27-19-11-18(21-13-22-19)23-16-9-14-3-1-2-4-15(14)10-16/h1-4,11,13,16-17H,5-10,12H2,(H,25,26)(H,21,22,23). The van der Waals surface area contributed by atoms with E-state index in [1.165, 1.54) is 17.5 Å². The van der Waals surface area contributed by atoms with Crippen LogP contribution in [0.15, 0.2) is 36.7 Å². The van der Waals surface area contributed by atoms with E-state index in [4.69, 9.17) is 9.84 Å². The molecule has 0 saturated carbocycles. The average Bonchev–Trinajstić information content (AvgIpc) is 3.26. The van der Waals surface area contributed by atoms with E-state index in [-0.39, 0.29) is 12.5 Å². The fourth-order valence-electron chi connectivity index (χ4n) is 3.87. The molecule has 7 heteroatoms. The lowest BCUT2D eigenvalue weighted by Crippen LogP contribution is -2.27. The van der Waals surface area contributed by atoms with Crippen LogP contribution in [0, 0.1) is 0 Å².